The number of hydrogen-bond acceptors (Lipinski definition) is 1. The van der Waals surface area contributed by atoms with Gasteiger partial charge in [0.2, 0.25) is 0 Å². The van der Waals surface area contributed by atoms with Crippen LogP contribution in [0.1, 0.15) is 17.9 Å². The van der Waals surface area contributed by atoms with Crippen molar-refractivity contribution in [1.29, 1.82) is 0 Å². The summed E-state index contributed by atoms with van der Waals surface area (Å²) in [6, 6.07) is 5.75. The number of hydrogen-bond donors (Lipinski definition) is 1. The van der Waals surface area contributed by atoms with Crippen LogP contribution in [0.4, 0.5) is 13.2 Å². The third-order valence-corrected chi connectivity index (χ3v) is 2.77. The van der Waals surface area contributed by atoms with Gasteiger partial charge in [-0.25, -0.2) is 13.2 Å². The van der Waals surface area contributed by atoms with Crippen LogP contribution in [0, 0.1) is 5.82 Å². The van der Waals surface area contributed by atoms with Crippen molar-refractivity contribution in [1.82, 2.24) is 5.32 Å². The lowest BCUT2D eigenvalue weighted by atomic mass is 9.88. The molecule has 1 N–H and O–H groups in total. The molecule has 15 heavy (non-hydrogen) atoms. The number of halogens is 3. The lowest BCUT2D eigenvalue weighted by Gasteiger charge is -2.32. The first-order valence-corrected chi connectivity index (χ1v) is 4.94. The Morgan fingerprint density at radius 1 is 1.27 bits per heavy atom. The minimum Gasteiger partial charge on any atom is -0.316 e. The molecule has 1 aromatic rings. The summed E-state index contributed by atoms with van der Waals surface area (Å²) in [7, 11) is 0. The number of nitrogens with one attached hydrogen (secondary N) is 1. The predicted molar refractivity (Wildman–Crippen MR) is 51.6 cm³/mol. The van der Waals surface area contributed by atoms with Gasteiger partial charge in [0.1, 0.15) is 5.82 Å². The molecular formula is C11H12F3N. The van der Waals surface area contributed by atoms with Crippen LogP contribution in [-0.2, 0) is 0 Å². The molecule has 1 saturated heterocycles. The molecule has 0 aliphatic carbocycles. The highest BCUT2D eigenvalue weighted by molar-refractivity contribution is 5.25. The van der Waals surface area contributed by atoms with Crippen LogP contribution < -0.4 is 5.32 Å². The van der Waals surface area contributed by atoms with Gasteiger partial charge in [-0.15, -0.1) is 0 Å². The van der Waals surface area contributed by atoms with E-state index in [1.165, 1.54) is 18.2 Å². The van der Waals surface area contributed by atoms with Crippen LogP contribution in [-0.4, -0.2) is 19.0 Å². The summed E-state index contributed by atoms with van der Waals surface area (Å²) in [6.45, 7) is 0.423. The van der Waals surface area contributed by atoms with Crippen LogP contribution in [0.3, 0.4) is 0 Å². The third kappa shape index (κ3) is 2.00. The Hall–Kier alpha value is -1.03. The van der Waals surface area contributed by atoms with E-state index in [4.69, 9.17) is 0 Å². The molecule has 0 aromatic heterocycles. The minimum atomic E-state index is -2.81. The van der Waals surface area contributed by atoms with Gasteiger partial charge in [0, 0.05) is 19.5 Å². The van der Waals surface area contributed by atoms with Gasteiger partial charge >= 0.3 is 0 Å². The number of alkyl halides is 2. The summed E-state index contributed by atoms with van der Waals surface area (Å²) in [5, 5.41) is 2.87. The minimum absolute atomic E-state index is 0.106. The Bertz CT molecular complexity index is 351. The Balaban J connectivity index is 2.33. The largest absolute Gasteiger partial charge is 0.316 e. The molecule has 0 amide bonds. The van der Waals surface area contributed by atoms with E-state index in [0.29, 0.717) is 0 Å². The van der Waals surface area contributed by atoms with Crippen LogP contribution in [0.5, 0.6) is 0 Å². The van der Waals surface area contributed by atoms with Crippen molar-refractivity contribution in [2.45, 2.75) is 18.3 Å². The molecule has 1 aliphatic heterocycles. The van der Waals surface area contributed by atoms with Crippen LogP contribution in [0.15, 0.2) is 24.3 Å². The van der Waals surface area contributed by atoms with E-state index in [0.717, 1.165) is 0 Å². The quantitative estimate of drug-likeness (QED) is 0.759. The molecule has 1 heterocycles. The summed E-state index contributed by atoms with van der Waals surface area (Å²) in [6.07, 6.45) is -0.230. The van der Waals surface area contributed by atoms with E-state index in [9.17, 15) is 13.2 Å². The van der Waals surface area contributed by atoms with E-state index in [-0.39, 0.29) is 25.1 Å². The number of piperidine rings is 1. The molecule has 1 aromatic carbocycles. The van der Waals surface area contributed by atoms with Crippen molar-refractivity contribution >= 4 is 0 Å². The van der Waals surface area contributed by atoms with Crippen LogP contribution in [0.25, 0.3) is 0 Å². The van der Waals surface area contributed by atoms with Gasteiger partial charge in [-0.1, -0.05) is 18.2 Å². The lowest BCUT2D eigenvalue weighted by molar-refractivity contribution is -0.0488. The molecule has 0 saturated carbocycles. The maximum Gasteiger partial charge on any atom is 0.257 e. The standard InChI is InChI=1S/C11H12F3N/c12-10-4-2-1-3-8(10)9-7-15-6-5-11(9,13)14/h1-4,9,15H,5-7H2. The van der Waals surface area contributed by atoms with Crippen molar-refractivity contribution in [2.75, 3.05) is 13.1 Å². The predicted octanol–water partition coefficient (Wildman–Crippen LogP) is 2.54. The Morgan fingerprint density at radius 3 is 2.67 bits per heavy atom. The Morgan fingerprint density at radius 2 is 2.00 bits per heavy atom. The molecule has 1 aliphatic rings. The van der Waals surface area contributed by atoms with Crippen LogP contribution in [0.2, 0.25) is 0 Å². The molecule has 1 fully saturated rings. The zero-order valence-corrected chi connectivity index (χ0v) is 8.14. The molecule has 1 atom stereocenters. The van der Waals surface area contributed by atoms with E-state index in [2.05, 4.69) is 5.32 Å². The van der Waals surface area contributed by atoms with Gasteiger partial charge in [-0.05, 0) is 11.6 Å². The van der Waals surface area contributed by atoms with Crippen molar-refractivity contribution in [2.24, 2.45) is 0 Å². The summed E-state index contributed by atoms with van der Waals surface area (Å²) in [5.41, 5.74) is 0.106. The topological polar surface area (TPSA) is 12.0 Å². The number of benzene rings is 1. The van der Waals surface area contributed by atoms with E-state index in [1.807, 2.05) is 0 Å². The van der Waals surface area contributed by atoms with Gasteiger partial charge < -0.3 is 5.32 Å². The van der Waals surface area contributed by atoms with Crippen molar-refractivity contribution < 1.29 is 13.2 Å². The molecule has 2 rings (SSSR count). The first kappa shape index (κ1) is 10.5. The molecule has 4 heteroatoms. The van der Waals surface area contributed by atoms with E-state index in [1.54, 1.807) is 6.07 Å². The van der Waals surface area contributed by atoms with Crippen LogP contribution >= 0.6 is 0 Å². The Labute approximate surface area is 86.3 Å². The Kier molecular flexibility index (Phi) is 2.69. The third-order valence-electron chi connectivity index (χ3n) is 2.77. The van der Waals surface area contributed by atoms with Crippen molar-refractivity contribution in [3.8, 4) is 0 Å². The molecule has 1 unspecified atom stereocenters. The molecule has 0 bridgehead atoms. The van der Waals surface area contributed by atoms with Crippen molar-refractivity contribution in [3.05, 3.63) is 35.6 Å². The summed E-state index contributed by atoms with van der Waals surface area (Å²) in [4.78, 5) is 0. The second-order valence-electron chi connectivity index (χ2n) is 3.79. The first-order valence-electron chi connectivity index (χ1n) is 4.94. The highest BCUT2D eigenvalue weighted by Gasteiger charge is 2.43. The molecule has 0 radical (unpaired) electrons. The number of rotatable bonds is 1. The summed E-state index contributed by atoms with van der Waals surface area (Å²) >= 11 is 0. The smallest absolute Gasteiger partial charge is 0.257 e. The zero-order chi connectivity index (χ0) is 10.9. The average molecular weight is 215 g/mol. The van der Waals surface area contributed by atoms with Gasteiger partial charge in [-0.3, -0.25) is 0 Å². The molecule has 82 valence electrons. The SMILES string of the molecule is Fc1ccccc1C1CNCCC1(F)F. The van der Waals surface area contributed by atoms with Gasteiger partial charge in [0.05, 0.1) is 5.92 Å². The second-order valence-corrected chi connectivity index (χ2v) is 3.79. The first-order chi connectivity index (χ1) is 7.11. The monoisotopic (exact) mass is 215 g/mol. The maximum absolute atomic E-state index is 13.5. The molecule has 0 spiro atoms. The second kappa shape index (κ2) is 3.85. The molecule has 1 nitrogen and oxygen atoms in total. The van der Waals surface area contributed by atoms with E-state index >= 15 is 0 Å². The zero-order valence-electron chi connectivity index (χ0n) is 8.14. The fraction of sp³-hybridized carbons (Fsp3) is 0.455. The summed E-state index contributed by atoms with van der Waals surface area (Å²) in [5.74, 6) is -4.41. The van der Waals surface area contributed by atoms with E-state index < -0.39 is 17.7 Å². The summed E-state index contributed by atoms with van der Waals surface area (Å²) < 4.78 is 40.4. The maximum atomic E-state index is 13.5. The molecular weight excluding hydrogens is 203 g/mol. The van der Waals surface area contributed by atoms with Crippen molar-refractivity contribution in [3.63, 3.8) is 0 Å². The lowest BCUT2D eigenvalue weighted by Crippen LogP contribution is -2.43. The van der Waals surface area contributed by atoms with Gasteiger partial charge in [-0.2, -0.15) is 0 Å². The fourth-order valence-electron chi connectivity index (χ4n) is 1.92. The van der Waals surface area contributed by atoms with Gasteiger partial charge in [0.25, 0.3) is 5.92 Å². The highest BCUT2D eigenvalue weighted by atomic mass is 19.3. The fourth-order valence-corrected chi connectivity index (χ4v) is 1.92. The average Bonchev–Trinajstić information content (AvgIpc) is 2.19. The highest BCUT2D eigenvalue weighted by Crippen LogP contribution is 2.38. The van der Waals surface area contributed by atoms with Gasteiger partial charge in [0.15, 0.2) is 0 Å². The normalized spacial score (nSPS) is 25.1.